The van der Waals surface area contributed by atoms with E-state index < -0.39 is 0 Å². The molecule has 0 unspecified atom stereocenters. The Morgan fingerprint density at radius 1 is 1.31 bits per heavy atom. The minimum Gasteiger partial charge on any atom is -0.236 e. The highest BCUT2D eigenvalue weighted by molar-refractivity contribution is 6.34. The fourth-order valence-corrected chi connectivity index (χ4v) is 1.34. The second kappa shape index (κ2) is 2.92. The summed E-state index contributed by atoms with van der Waals surface area (Å²) in [7, 11) is 0. The van der Waals surface area contributed by atoms with Crippen LogP contribution in [0.4, 0.5) is 4.39 Å². The number of aryl methyl sites for hydroxylation is 1. The van der Waals surface area contributed by atoms with Crippen molar-refractivity contribution in [3.8, 4) is 0 Å². The molecule has 4 heteroatoms. The minimum absolute atomic E-state index is 0.281. The third-order valence-electron chi connectivity index (χ3n) is 1.87. The molecule has 2 aromatic rings. The van der Waals surface area contributed by atoms with E-state index in [0.717, 1.165) is 0 Å². The Kier molecular flexibility index (Phi) is 1.88. The zero-order chi connectivity index (χ0) is 9.42. The molecule has 1 heterocycles. The lowest BCUT2D eigenvalue weighted by Gasteiger charge is -2.00. The summed E-state index contributed by atoms with van der Waals surface area (Å²) in [6, 6.07) is 3.01. The van der Waals surface area contributed by atoms with E-state index in [0.29, 0.717) is 16.5 Å². The molecule has 0 aliphatic carbocycles. The first-order chi connectivity index (χ1) is 6.18. The molecule has 1 aromatic heterocycles. The summed E-state index contributed by atoms with van der Waals surface area (Å²) in [6.45, 7) is 1.69. The van der Waals surface area contributed by atoms with Crippen molar-refractivity contribution >= 4 is 22.5 Å². The average Bonchev–Trinajstić information content (AvgIpc) is 2.09. The van der Waals surface area contributed by atoms with E-state index in [1.165, 1.54) is 12.4 Å². The lowest BCUT2D eigenvalue weighted by Crippen LogP contribution is -1.88. The molecular formula is C9H6ClFN2. The Balaban J connectivity index is 2.89. The zero-order valence-electron chi connectivity index (χ0n) is 6.88. The maximum atomic E-state index is 13.1. The number of halogens is 2. The first-order valence-electron chi connectivity index (χ1n) is 3.75. The van der Waals surface area contributed by atoms with Gasteiger partial charge in [0.05, 0.1) is 5.52 Å². The van der Waals surface area contributed by atoms with Crippen LogP contribution in [0, 0.1) is 12.7 Å². The maximum Gasteiger partial charge on any atom is 0.140 e. The highest BCUT2D eigenvalue weighted by Gasteiger charge is 2.04. The number of hydrogen-bond donors (Lipinski definition) is 0. The second-order valence-electron chi connectivity index (χ2n) is 2.78. The van der Waals surface area contributed by atoms with Crippen LogP contribution < -0.4 is 0 Å². The summed E-state index contributed by atoms with van der Waals surface area (Å²) in [5.41, 5.74) is 1.22. The van der Waals surface area contributed by atoms with Crippen LogP contribution >= 0.6 is 11.6 Å². The van der Waals surface area contributed by atoms with E-state index >= 15 is 0 Å². The van der Waals surface area contributed by atoms with E-state index in [4.69, 9.17) is 11.6 Å². The first kappa shape index (κ1) is 8.38. The van der Waals surface area contributed by atoms with E-state index in [9.17, 15) is 4.39 Å². The smallest absolute Gasteiger partial charge is 0.140 e. The van der Waals surface area contributed by atoms with Gasteiger partial charge in [-0.15, -0.1) is 0 Å². The molecule has 0 aliphatic heterocycles. The molecule has 0 saturated carbocycles. The van der Waals surface area contributed by atoms with Crippen LogP contribution in [0.2, 0.25) is 5.15 Å². The first-order valence-corrected chi connectivity index (χ1v) is 4.12. The summed E-state index contributed by atoms with van der Waals surface area (Å²) in [6.07, 6.45) is 1.36. The molecule has 0 bridgehead atoms. The zero-order valence-corrected chi connectivity index (χ0v) is 7.64. The Hall–Kier alpha value is -1.22. The monoisotopic (exact) mass is 196 g/mol. The average molecular weight is 197 g/mol. The molecule has 13 heavy (non-hydrogen) atoms. The third kappa shape index (κ3) is 1.35. The topological polar surface area (TPSA) is 25.8 Å². The molecule has 0 spiro atoms. The van der Waals surface area contributed by atoms with E-state index in [1.54, 1.807) is 13.0 Å². The van der Waals surface area contributed by atoms with Crippen molar-refractivity contribution in [2.75, 3.05) is 0 Å². The van der Waals surface area contributed by atoms with Gasteiger partial charge in [-0.25, -0.2) is 14.4 Å². The van der Waals surface area contributed by atoms with Gasteiger partial charge in [-0.05, 0) is 24.6 Å². The van der Waals surface area contributed by atoms with Gasteiger partial charge in [0.2, 0.25) is 0 Å². The Morgan fingerprint density at radius 3 is 2.85 bits per heavy atom. The maximum absolute atomic E-state index is 13.1. The van der Waals surface area contributed by atoms with Crippen molar-refractivity contribution in [2.24, 2.45) is 0 Å². The van der Waals surface area contributed by atoms with Gasteiger partial charge in [-0.2, -0.15) is 0 Å². The van der Waals surface area contributed by atoms with Crippen LogP contribution in [-0.4, -0.2) is 9.97 Å². The molecule has 2 nitrogen and oxygen atoms in total. The van der Waals surface area contributed by atoms with Crippen molar-refractivity contribution in [1.29, 1.82) is 0 Å². The highest BCUT2D eigenvalue weighted by atomic mass is 35.5. The summed E-state index contributed by atoms with van der Waals surface area (Å²) in [5, 5.41) is 0.830. The number of rotatable bonds is 0. The lowest BCUT2D eigenvalue weighted by molar-refractivity contribution is 0.620. The van der Waals surface area contributed by atoms with Gasteiger partial charge in [0.25, 0.3) is 0 Å². The van der Waals surface area contributed by atoms with Gasteiger partial charge in [0, 0.05) is 5.39 Å². The van der Waals surface area contributed by atoms with E-state index in [1.807, 2.05) is 0 Å². The minimum atomic E-state index is -0.288. The molecule has 0 amide bonds. The van der Waals surface area contributed by atoms with Crippen molar-refractivity contribution in [2.45, 2.75) is 6.92 Å². The predicted octanol–water partition coefficient (Wildman–Crippen LogP) is 2.73. The second-order valence-corrected chi connectivity index (χ2v) is 3.14. The van der Waals surface area contributed by atoms with Gasteiger partial charge < -0.3 is 0 Å². The fourth-order valence-electron chi connectivity index (χ4n) is 1.15. The van der Waals surface area contributed by atoms with Gasteiger partial charge in [0.1, 0.15) is 17.3 Å². The SMILES string of the molecule is Cc1cc2ncnc(Cl)c2cc1F. The molecule has 66 valence electrons. The van der Waals surface area contributed by atoms with E-state index in [-0.39, 0.29) is 11.0 Å². The predicted molar refractivity (Wildman–Crippen MR) is 49.2 cm³/mol. The van der Waals surface area contributed by atoms with E-state index in [2.05, 4.69) is 9.97 Å². The third-order valence-corrected chi connectivity index (χ3v) is 2.17. The largest absolute Gasteiger partial charge is 0.236 e. The van der Waals surface area contributed by atoms with Crippen molar-refractivity contribution < 1.29 is 4.39 Å². The van der Waals surface area contributed by atoms with Crippen LogP contribution in [0.15, 0.2) is 18.5 Å². The van der Waals surface area contributed by atoms with Gasteiger partial charge >= 0.3 is 0 Å². The molecule has 0 aliphatic rings. The number of fused-ring (bicyclic) bond motifs is 1. The molecule has 0 atom stereocenters. The van der Waals surface area contributed by atoms with Crippen LogP contribution in [0.25, 0.3) is 10.9 Å². The summed E-state index contributed by atoms with van der Waals surface area (Å²) in [4.78, 5) is 7.75. The lowest BCUT2D eigenvalue weighted by atomic mass is 10.1. The Morgan fingerprint density at radius 2 is 2.08 bits per heavy atom. The molecule has 1 aromatic carbocycles. The number of hydrogen-bond acceptors (Lipinski definition) is 2. The Labute approximate surface area is 79.4 Å². The molecule has 0 radical (unpaired) electrons. The molecular weight excluding hydrogens is 191 g/mol. The number of nitrogens with zero attached hydrogens (tertiary/aromatic N) is 2. The van der Waals surface area contributed by atoms with Crippen molar-refractivity contribution in [3.05, 3.63) is 35.0 Å². The fraction of sp³-hybridized carbons (Fsp3) is 0.111. The van der Waals surface area contributed by atoms with Crippen LogP contribution in [0.3, 0.4) is 0 Å². The van der Waals surface area contributed by atoms with Crippen LogP contribution in [-0.2, 0) is 0 Å². The molecule has 0 fully saturated rings. The number of benzene rings is 1. The van der Waals surface area contributed by atoms with Gasteiger partial charge in [-0.3, -0.25) is 0 Å². The standard InChI is InChI=1S/C9H6ClFN2/c1-5-2-8-6(3-7(5)11)9(10)13-4-12-8/h2-4H,1H3. The van der Waals surface area contributed by atoms with Gasteiger partial charge in [-0.1, -0.05) is 11.6 Å². The summed E-state index contributed by atoms with van der Waals surface area (Å²) >= 11 is 5.76. The number of aromatic nitrogens is 2. The summed E-state index contributed by atoms with van der Waals surface area (Å²) < 4.78 is 13.1. The Bertz CT molecular complexity index is 470. The van der Waals surface area contributed by atoms with Crippen molar-refractivity contribution in [1.82, 2.24) is 9.97 Å². The molecule has 2 rings (SSSR count). The van der Waals surface area contributed by atoms with Gasteiger partial charge in [0.15, 0.2) is 0 Å². The molecule has 0 N–H and O–H groups in total. The normalized spacial score (nSPS) is 10.7. The summed E-state index contributed by atoms with van der Waals surface area (Å²) in [5.74, 6) is -0.288. The highest BCUT2D eigenvalue weighted by Crippen LogP contribution is 2.21. The van der Waals surface area contributed by atoms with Crippen molar-refractivity contribution in [3.63, 3.8) is 0 Å². The quantitative estimate of drug-likeness (QED) is 0.606. The van der Waals surface area contributed by atoms with Crippen LogP contribution in [0.1, 0.15) is 5.56 Å². The molecule has 0 saturated heterocycles. The van der Waals surface area contributed by atoms with Crippen LogP contribution in [0.5, 0.6) is 0 Å².